The lowest BCUT2D eigenvalue weighted by atomic mass is 10.2. The molecule has 8 heteroatoms. The van der Waals surface area contributed by atoms with Crippen LogP contribution in [0.25, 0.3) is 0 Å². The number of hydrogen-bond donors (Lipinski definition) is 2. The van der Waals surface area contributed by atoms with Gasteiger partial charge in [0.05, 0.1) is 17.4 Å². The van der Waals surface area contributed by atoms with E-state index in [1.54, 1.807) is 18.2 Å². The van der Waals surface area contributed by atoms with Gasteiger partial charge in [-0.3, -0.25) is 4.79 Å². The molecule has 0 unspecified atom stereocenters. The van der Waals surface area contributed by atoms with Crippen LogP contribution in [0.4, 0.5) is 18.9 Å². The first-order chi connectivity index (χ1) is 9.77. The minimum atomic E-state index is -4.51. The second-order valence-electron chi connectivity index (χ2n) is 4.05. The van der Waals surface area contributed by atoms with Crippen LogP contribution in [0.3, 0.4) is 0 Å². The number of benzene rings is 1. The summed E-state index contributed by atoms with van der Waals surface area (Å²) in [7, 11) is 0. The Morgan fingerprint density at radius 2 is 1.95 bits per heavy atom. The molecule has 2 aromatic rings. The van der Waals surface area contributed by atoms with E-state index in [0.717, 1.165) is 18.3 Å². The van der Waals surface area contributed by atoms with E-state index in [1.165, 1.54) is 0 Å². The minimum Gasteiger partial charge on any atom is -0.321 e. The summed E-state index contributed by atoms with van der Waals surface area (Å²) >= 11 is 7.35. The molecule has 1 aromatic heterocycles. The van der Waals surface area contributed by atoms with Gasteiger partial charge in [0.25, 0.3) is 5.91 Å². The summed E-state index contributed by atoms with van der Waals surface area (Å²) in [5.41, 5.74) is -0.522. The fraction of sp³-hybridized carbons (Fsp3) is 0.0769. The molecule has 3 nitrogen and oxygen atoms in total. The van der Waals surface area contributed by atoms with Gasteiger partial charge < -0.3 is 5.32 Å². The van der Waals surface area contributed by atoms with E-state index >= 15 is 0 Å². The third kappa shape index (κ3) is 3.98. The maximum absolute atomic E-state index is 12.4. The Balaban J connectivity index is 2.18. The summed E-state index contributed by atoms with van der Waals surface area (Å²) in [6, 6.07) is 6.85. The summed E-state index contributed by atoms with van der Waals surface area (Å²) in [6.07, 6.45) is -3.55. The molecule has 1 heterocycles. The largest absolute Gasteiger partial charge is 0.433 e. The van der Waals surface area contributed by atoms with Gasteiger partial charge in [-0.2, -0.15) is 13.2 Å². The highest BCUT2D eigenvalue weighted by atomic mass is 79.9. The van der Waals surface area contributed by atoms with Crippen LogP contribution in [-0.4, -0.2) is 10.9 Å². The molecule has 0 aliphatic rings. The Bertz CT molecular complexity index is 674. The topological polar surface area (TPSA) is 42.0 Å². The van der Waals surface area contributed by atoms with Crippen LogP contribution in [0.15, 0.2) is 45.9 Å². The lowest BCUT2D eigenvalue weighted by Gasteiger charge is -2.09. The predicted octanol–water partition coefficient (Wildman–Crippen LogP) is 4.40. The lowest BCUT2D eigenvalue weighted by Crippen LogP contribution is -2.14. The van der Waals surface area contributed by atoms with E-state index in [9.17, 15) is 18.0 Å². The van der Waals surface area contributed by atoms with Crippen molar-refractivity contribution in [2.75, 3.05) is 5.32 Å². The zero-order chi connectivity index (χ0) is 15.6. The molecule has 1 aromatic carbocycles. The van der Waals surface area contributed by atoms with Crippen molar-refractivity contribution in [2.45, 2.75) is 11.1 Å². The first-order valence-electron chi connectivity index (χ1n) is 5.60. The molecule has 0 aliphatic heterocycles. The second-order valence-corrected chi connectivity index (χ2v) is 5.42. The van der Waals surface area contributed by atoms with Crippen molar-refractivity contribution in [2.24, 2.45) is 0 Å². The molecular weight excluding hydrogens is 369 g/mol. The van der Waals surface area contributed by atoms with E-state index < -0.39 is 17.8 Å². The van der Waals surface area contributed by atoms with Crippen molar-refractivity contribution < 1.29 is 18.0 Å². The van der Waals surface area contributed by atoms with Gasteiger partial charge in [-0.25, -0.2) is 4.98 Å². The average Bonchev–Trinajstić information content (AvgIpc) is 2.41. The van der Waals surface area contributed by atoms with E-state index in [1.807, 2.05) is 0 Å². The standard InChI is InChI=1S/C13H8BrF3N2OS/c14-10-3-2-8(21)5-9(10)12(20)19-7-1-4-11(18-6-7)13(15,16)17/h1-6,21H,(H,19,20). The quantitative estimate of drug-likeness (QED) is 0.762. The van der Waals surface area contributed by atoms with Crippen molar-refractivity contribution >= 4 is 40.2 Å². The number of pyridine rings is 1. The molecule has 0 spiro atoms. The van der Waals surface area contributed by atoms with E-state index in [2.05, 4.69) is 38.9 Å². The number of carbonyl (C=O) groups excluding carboxylic acids is 1. The molecule has 1 amide bonds. The van der Waals surface area contributed by atoms with Gasteiger partial charge in [-0.15, -0.1) is 12.6 Å². The van der Waals surface area contributed by atoms with Gasteiger partial charge in [0.15, 0.2) is 0 Å². The Kier molecular flexibility index (Phi) is 4.58. The van der Waals surface area contributed by atoms with Crippen molar-refractivity contribution in [3.05, 3.63) is 52.3 Å². The molecule has 0 bridgehead atoms. The molecule has 0 aliphatic carbocycles. The molecule has 0 radical (unpaired) electrons. The Hall–Kier alpha value is -1.54. The lowest BCUT2D eigenvalue weighted by molar-refractivity contribution is -0.141. The first-order valence-corrected chi connectivity index (χ1v) is 6.84. The molecule has 110 valence electrons. The number of halogens is 4. The van der Waals surface area contributed by atoms with Gasteiger partial charge in [0, 0.05) is 9.37 Å². The summed E-state index contributed by atoms with van der Waals surface area (Å²) in [5.74, 6) is -0.473. The highest BCUT2D eigenvalue weighted by molar-refractivity contribution is 9.10. The molecule has 21 heavy (non-hydrogen) atoms. The minimum absolute atomic E-state index is 0.171. The number of rotatable bonds is 2. The maximum atomic E-state index is 12.4. The fourth-order valence-electron chi connectivity index (χ4n) is 1.52. The molecule has 0 fully saturated rings. The average molecular weight is 377 g/mol. The summed E-state index contributed by atoms with van der Waals surface area (Å²) in [4.78, 5) is 15.9. The number of hydrogen-bond acceptors (Lipinski definition) is 3. The fourth-order valence-corrected chi connectivity index (χ4v) is 2.15. The monoisotopic (exact) mass is 376 g/mol. The molecule has 0 saturated carbocycles. The Labute approximate surface area is 132 Å². The van der Waals surface area contributed by atoms with Crippen LogP contribution in [0, 0.1) is 0 Å². The van der Waals surface area contributed by atoms with Crippen LogP contribution >= 0.6 is 28.6 Å². The summed E-state index contributed by atoms with van der Waals surface area (Å²) in [5, 5.41) is 2.47. The van der Waals surface area contributed by atoms with Crippen molar-refractivity contribution in [1.82, 2.24) is 4.98 Å². The number of nitrogens with one attached hydrogen (secondary N) is 1. The Morgan fingerprint density at radius 3 is 2.52 bits per heavy atom. The van der Waals surface area contributed by atoms with Gasteiger partial charge in [0.1, 0.15) is 5.69 Å². The van der Waals surface area contributed by atoms with Crippen LogP contribution < -0.4 is 5.32 Å². The molecule has 2 rings (SSSR count). The third-order valence-electron chi connectivity index (χ3n) is 2.51. The zero-order valence-corrected chi connectivity index (χ0v) is 12.8. The van der Waals surface area contributed by atoms with E-state index in [0.29, 0.717) is 14.9 Å². The molecule has 0 atom stereocenters. The molecule has 1 N–H and O–H groups in total. The second kappa shape index (κ2) is 6.07. The van der Waals surface area contributed by atoms with E-state index in [4.69, 9.17) is 0 Å². The van der Waals surface area contributed by atoms with E-state index in [-0.39, 0.29) is 5.69 Å². The normalized spacial score (nSPS) is 11.3. The van der Waals surface area contributed by atoms with Gasteiger partial charge in [-0.1, -0.05) is 0 Å². The smallest absolute Gasteiger partial charge is 0.321 e. The highest BCUT2D eigenvalue weighted by Crippen LogP contribution is 2.28. The maximum Gasteiger partial charge on any atom is 0.433 e. The van der Waals surface area contributed by atoms with Crippen LogP contribution in [0.2, 0.25) is 0 Å². The van der Waals surface area contributed by atoms with Gasteiger partial charge in [0.2, 0.25) is 0 Å². The zero-order valence-electron chi connectivity index (χ0n) is 10.3. The van der Waals surface area contributed by atoms with Crippen molar-refractivity contribution in [3.63, 3.8) is 0 Å². The molecular formula is C13H8BrF3N2OS. The predicted molar refractivity (Wildman–Crippen MR) is 78.6 cm³/mol. The number of anilines is 1. The van der Waals surface area contributed by atoms with Gasteiger partial charge >= 0.3 is 6.18 Å². The number of alkyl halides is 3. The first kappa shape index (κ1) is 15.8. The van der Waals surface area contributed by atoms with Crippen LogP contribution in [-0.2, 0) is 6.18 Å². The van der Waals surface area contributed by atoms with Gasteiger partial charge in [-0.05, 0) is 46.3 Å². The molecule has 0 saturated heterocycles. The number of aromatic nitrogens is 1. The SMILES string of the molecule is O=C(Nc1ccc(C(F)(F)F)nc1)c1cc(S)ccc1Br. The summed E-state index contributed by atoms with van der Waals surface area (Å²) in [6.45, 7) is 0. The van der Waals surface area contributed by atoms with Crippen molar-refractivity contribution in [3.8, 4) is 0 Å². The van der Waals surface area contributed by atoms with Crippen molar-refractivity contribution in [1.29, 1.82) is 0 Å². The number of nitrogens with zero attached hydrogens (tertiary/aromatic N) is 1. The van der Waals surface area contributed by atoms with Crippen LogP contribution in [0.1, 0.15) is 16.1 Å². The Morgan fingerprint density at radius 1 is 1.24 bits per heavy atom. The third-order valence-corrected chi connectivity index (χ3v) is 3.48. The van der Waals surface area contributed by atoms with Crippen LogP contribution in [0.5, 0.6) is 0 Å². The highest BCUT2D eigenvalue weighted by Gasteiger charge is 2.32. The number of carbonyl (C=O) groups is 1. The summed E-state index contributed by atoms with van der Waals surface area (Å²) < 4.78 is 37.7. The number of amides is 1. The number of thiol groups is 1.